The number of nitrogens with zero attached hydrogens (tertiary/aromatic N) is 5. The van der Waals surface area contributed by atoms with Crippen molar-refractivity contribution >= 4 is 23.1 Å². The van der Waals surface area contributed by atoms with Crippen molar-refractivity contribution in [3.8, 4) is 28.5 Å². The van der Waals surface area contributed by atoms with Crippen molar-refractivity contribution in [2.45, 2.75) is 6.18 Å². The van der Waals surface area contributed by atoms with Crippen LogP contribution < -0.4 is 10.6 Å². The molecular weight excluding hydrogens is 538 g/mol. The molecular formula is C29H19F4N7O. The fraction of sp³-hybridized carbons (Fsp3) is 0.0345. The normalized spacial score (nSPS) is 11.5. The first-order valence-corrected chi connectivity index (χ1v) is 12.2. The van der Waals surface area contributed by atoms with Crippen LogP contribution in [0.2, 0.25) is 0 Å². The summed E-state index contributed by atoms with van der Waals surface area (Å²) in [5.41, 5.74) is 1.47. The van der Waals surface area contributed by atoms with E-state index < -0.39 is 23.6 Å². The average molecular weight is 558 g/mol. The molecule has 3 heterocycles. The number of halogens is 4. The second-order valence-corrected chi connectivity index (χ2v) is 8.95. The van der Waals surface area contributed by atoms with Gasteiger partial charge in [0, 0.05) is 47.9 Å². The summed E-state index contributed by atoms with van der Waals surface area (Å²) in [6.07, 6.45) is 3.79. The lowest BCUT2D eigenvalue weighted by Crippen LogP contribution is -2.19. The molecule has 0 saturated heterocycles. The second-order valence-electron chi connectivity index (χ2n) is 8.95. The molecule has 0 radical (unpaired) electrons. The molecule has 0 saturated carbocycles. The summed E-state index contributed by atoms with van der Waals surface area (Å²) in [6, 6.07) is 16.7. The molecule has 0 unspecified atom stereocenters. The van der Waals surface area contributed by atoms with Gasteiger partial charge in [-0.15, -0.1) is 0 Å². The first-order chi connectivity index (χ1) is 19.8. The van der Waals surface area contributed by atoms with E-state index in [0.29, 0.717) is 39.8 Å². The molecule has 6 aromatic rings. The molecule has 3 aromatic carbocycles. The Morgan fingerprint density at radius 3 is 2.34 bits per heavy atom. The number of fused-ring (bicyclic) bond motifs is 1. The minimum absolute atomic E-state index is 0.00339. The van der Waals surface area contributed by atoms with Gasteiger partial charge in [0.15, 0.2) is 11.5 Å². The molecule has 6 rings (SSSR count). The molecule has 0 aliphatic heterocycles. The number of imidazole rings is 2. The Morgan fingerprint density at radius 1 is 0.829 bits per heavy atom. The molecule has 0 aliphatic carbocycles. The third-order valence-electron chi connectivity index (χ3n) is 6.20. The van der Waals surface area contributed by atoms with Crippen molar-refractivity contribution in [1.29, 1.82) is 0 Å². The Bertz CT molecular complexity index is 1890. The van der Waals surface area contributed by atoms with Crippen LogP contribution in [-0.4, -0.2) is 30.0 Å². The van der Waals surface area contributed by atoms with Gasteiger partial charge < -0.3 is 15.0 Å². The molecule has 12 heteroatoms. The Balaban J connectivity index is 1.31. The molecule has 41 heavy (non-hydrogen) atoms. The summed E-state index contributed by atoms with van der Waals surface area (Å²) in [7, 11) is 0. The first kappa shape index (κ1) is 25.7. The average Bonchev–Trinajstić information content (AvgIpc) is 3.63. The van der Waals surface area contributed by atoms with Crippen molar-refractivity contribution < 1.29 is 22.4 Å². The fourth-order valence-corrected chi connectivity index (χ4v) is 4.35. The van der Waals surface area contributed by atoms with Gasteiger partial charge in [-0.25, -0.2) is 24.1 Å². The van der Waals surface area contributed by atoms with Crippen LogP contribution in [0.5, 0.6) is 0 Å². The maximum absolute atomic E-state index is 14.6. The van der Waals surface area contributed by atoms with Crippen molar-refractivity contribution in [3.05, 3.63) is 115 Å². The number of benzene rings is 3. The van der Waals surface area contributed by atoms with E-state index in [1.165, 1.54) is 18.2 Å². The van der Waals surface area contributed by atoms with Crippen LogP contribution in [0.15, 0.2) is 104 Å². The predicted octanol–water partition coefficient (Wildman–Crippen LogP) is 7.05. The first-order valence-electron chi connectivity index (χ1n) is 12.2. The molecule has 0 aliphatic rings. The number of nitrogens with one attached hydrogen (secondary N) is 2. The number of rotatable bonds is 5. The summed E-state index contributed by atoms with van der Waals surface area (Å²) < 4.78 is 57.1. The highest BCUT2D eigenvalue weighted by atomic mass is 19.4. The monoisotopic (exact) mass is 557 g/mol. The highest BCUT2D eigenvalue weighted by Crippen LogP contribution is 2.31. The maximum Gasteiger partial charge on any atom is 0.416 e. The van der Waals surface area contributed by atoms with Crippen LogP contribution in [-0.2, 0) is 6.18 Å². The van der Waals surface area contributed by atoms with Gasteiger partial charge in [-0.05, 0) is 42.5 Å². The van der Waals surface area contributed by atoms with E-state index >= 15 is 0 Å². The fourth-order valence-electron chi connectivity index (χ4n) is 4.35. The lowest BCUT2D eigenvalue weighted by Gasteiger charge is -2.13. The van der Waals surface area contributed by atoms with E-state index in [9.17, 15) is 22.4 Å². The van der Waals surface area contributed by atoms with Crippen molar-refractivity contribution in [3.63, 3.8) is 0 Å². The van der Waals surface area contributed by atoms with Crippen molar-refractivity contribution in [1.82, 2.24) is 23.9 Å². The van der Waals surface area contributed by atoms with Crippen molar-refractivity contribution in [2.75, 3.05) is 10.6 Å². The highest BCUT2D eigenvalue weighted by molar-refractivity contribution is 6.00. The van der Waals surface area contributed by atoms with Gasteiger partial charge in [0.05, 0.1) is 16.8 Å². The smallest absolute Gasteiger partial charge is 0.308 e. The minimum atomic E-state index is -4.53. The highest BCUT2D eigenvalue weighted by Gasteiger charge is 2.30. The van der Waals surface area contributed by atoms with E-state index in [4.69, 9.17) is 4.98 Å². The summed E-state index contributed by atoms with van der Waals surface area (Å²) in [4.78, 5) is 26.1. The molecule has 8 nitrogen and oxygen atoms in total. The third kappa shape index (κ3) is 5.22. The molecule has 0 bridgehead atoms. The minimum Gasteiger partial charge on any atom is -0.308 e. The summed E-state index contributed by atoms with van der Waals surface area (Å²) in [5.74, 6) is 0.320. The van der Waals surface area contributed by atoms with Crippen LogP contribution in [0, 0.1) is 5.82 Å². The molecule has 0 spiro atoms. The Hall–Kier alpha value is -5.52. The zero-order chi connectivity index (χ0) is 28.6. The van der Waals surface area contributed by atoms with Gasteiger partial charge in [0.25, 0.3) is 0 Å². The van der Waals surface area contributed by atoms with E-state index in [1.807, 2.05) is 0 Å². The van der Waals surface area contributed by atoms with Gasteiger partial charge in [0.2, 0.25) is 0 Å². The third-order valence-corrected chi connectivity index (χ3v) is 6.20. The van der Waals surface area contributed by atoms with Crippen LogP contribution >= 0.6 is 0 Å². The largest absolute Gasteiger partial charge is 0.416 e. The van der Waals surface area contributed by atoms with Crippen LogP contribution in [0.3, 0.4) is 0 Å². The zero-order valence-corrected chi connectivity index (χ0v) is 21.0. The summed E-state index contributed by atoms with van der Waals surface area (Å²) in [6.45, 7) is 0. The van der Waals surface area contributed by atoms with E-state index in [0.717, 1.165) is 12.1 Å². The second kappa shape index (κ2) is 10.2. The van der Waals surface area contributed by atoms with E-state index in [-0.39, 0.29) is 5.69 Å². The van der Waals surface area contributed by atoms with Crippen molar-refractivity contribution in [2.24, 2.45) is 0 Å². The van der Waals surface area contributed by atoms with E-state index in [1.54, 1.807) is 82.4 Å². The molecule has 0 fully saturated rings. The lowest BCUT2D eigenvalue weighted by atomic mass is 10.1. The number of urea groups is 1. The Labute approximate surface area is 230 Å². The lowest BCUT2D eigenvalue weighted by molar-refractivity contribution is -0.137. The summed E-state index contributed by atoms with van der Waals surface area (Å²) >= 11 is 0. The van der Waals surface area contributed by atoms with Gasteiger partial charge in [-0.1, -0.05) is 30.3 Å². The van der Waals surface area contributed by atoms with Gasteiger partial charge in [-0.2, -0.15) is 13.2 Å². The number of hydrogen-bond donors (Lipinski definition) is 2. The van der Waals surface area contributed by atoms with Gasteiger partial charge in [0.1, 0.15) is 11.6 Å². The van der Waals surface area contributed by atoms with Gasteiger partial charge in [-0.3, -0.25) is 4.57 Å². The molecule has 2 N–H and O–H groups in total. The Morgan fingerprint density at radius 2 is 1.56 bits per heavy atom. The maximum atomic E-state index is 14.6. The summed E-state index contributed by atoms with van der Waals surface area (Å²) in [5, 5.41) is 5.05. The van der Waals surface area contributed by atoms with Crippen LogP contribution in [0.1, 0.15) is 5.56 Å². The number of anilines is 2. The molecule has 204 valence electrons. The predicted molar refractivity (Wildman–Crippen MR) is 145 cm³/mol. The topological polar surface area (TPSA) is 89.1 Å². The quantitative estimate of drug-likeness (QED) is 0.222. The molecule has 0 atom stereocenters. The number of alkyl halides is 3. The van der Waals surface area contributed by atoms with Crippen LogP contribution in [0.25, 0.3) is 34.1 Å². The number of carbonyl (C=O) groups excluding carboxylic acids is 1. The number of amides is 2. The van der Waals surface area contributed by atoms with Gasteiger partial charge >= 0.3 is 12.2 Å². The number of carbonyl (C=O) groups is 1. The standard InChI is InChI=1S/C29H19F4N7O/c30-23-10-2-1-9-22(23)25-34-12-14-40(25)27-26-35-11-13-39(26)17-24(38-27)18-5-3-7-20(15-18)36-28(41)37-21-8-4-6-19(16-21)29(31,32)33/h1-17H,(H2,36,37,41). The SMILES string of the molecule is O=C(Nc1cccc(-c2cn3ccnc3c(-n3ccnc3-c3ccccc3F)n2)c1)Nc1cccc(C(F)(F)F)c1. The Kier molecular flexibility index (Phi) is 6.42. The number of aromatic nitrogens is 5. The number of hydrogen-bond acceptors (Lipinski definition) is 4. The van der Waals surface area contributed by atoms with E-state index in [2.05, 4.69) is 20.6 Å². The molecule has 2 amide bonds. The zero-order valence-electron chi connectivity index (χ0n) is 21.0. The molecule has 3 aromatic heterocycles. The van der Waals surface area contributed by atoms with Crippen LogP contribution in [0.4, 0.5) is 33.7 Å².